The maximum absolute atomic E-state index is 9.89. The Hall–Kier alpha value is -0.900. The normalized spacial score (nSPS) is 13.0. The van der Waals surface area contributed by atoms with Crippen molar-refractivity contribution in [3.63, 3.8) is 0 Å². The van der Waals surface area contributed by atoms with E-state index in [-0.39, 0.29) is 6.10 Å². The molecular formula is C13H24N2O+2. The second-order valence-electron chi connectivity index (χ2n) is 4.55. The van der Waals surface area contributed by atoms with E-state index in [2.05, 4.69) is 19.4 Å². The third-order valence-electron chi connectivity index (χ3n) is 2.66. The van der Waals surface area contributed by atoms with Crippen LogP contribution in [0.25, 0.3) is 0 Å². The fraction of sp³-hybridized carbons (Fsp3) is 0.538. The molecular weight excluding hydrogens is 200 g/mol. The van der Waals surface area contributed by atoms with Crippen molar-refractivity contribution >= 4 is 0 Å². The zero-order valence-corrected chi connectivity index (χ0v) is 10.3. The minimum atomic E-state index is -0.340. The highest BCUT2D eigenvalue weighted by Gasteiger charge is 2.08. The monoisotopic (exact) mass is 224 g/mol. The molecule has 4 N–H and O–H groups in total. The van der Waals surface area contributed by atoms with Crippen molar-refractivity contribution in [1.82, 2.24) is 0 Å². The summed E-state index contributed by atoms with van der Waals surface area (Å²) in [5.74, 6) is 0. The minimum Gasteiger partial charge on any atom is -0.382 e. The van der Waals surface area contributed by atoms with Gasteiger partial charge in [-0.05, 0) is 5.56 Å². The quantitative estimate of drug-likeness (QED) is 0.501. The van der Waals surface area contributed by atoms with Gasteiger partial charge in [-0.3, -0.25) is 0 Å². The highest BCUT2D eigenvalue weighted by molar-refractivity contribution is 5.16. The van der Waals surface area contributed by atoms with Gasteiger partial charge in [0, 0.05) is 6.42 Å². The molecule has 1 rings (SSSR count). The first-order chi connectivity index (χ1) is 7.70. The first kappa shape index (κ1) is 13.2. The van der Waals surface area contributed by atoms with E-state index in [1.807, 2.05) is 30.3 Å². The van der Waals surface area contributed by atoms with Crippen LogP contribution in [-0.4, -0.2) is 38.8 Å². The SMILES string of the molecule is C[NH+](C)CCC[NH2+]C[C@H](O)c1ccccc1. The van der Waals surface area contributed by atoms with Crippen LogP contribution in [0.2, 0.25) is 0 Å². The van der Waals surface area contributed by atoms with Crippen molar-refractivity contribution in [2.75, 3.05) is 33.7 Å². The molecule has 0 bridgehead atoms. The number of nitrogens with one attached hydrogen (secondary N) is 1. The van der Waals surface area contributed by atoms with E-state index in [0.717, 1.165) is 18.7 Å². The van der Waals surface area contributed by atoms with Crippen molar-refractivity contribution in [2.24, 2.45) is 0 Å². The topological polar surface area (TPSA) is 41.3 Å². The molecule has 0 aromatic heterocycles. The van der Waals surface area contributed by atoms with Crippen LogP contribution in [0.15, 0.2) is 30.3 Å². The smallest absolute Gasteiger partial charge is 0.128 e. The number of rotatable bonds is 7. The van der Waals surface area contributed by atoms with Crippen LogP contribution in [-0.2, 0) is 0 Å². The number of aliphatic hydroxyl groups is 1. The maximum atomic E-state index is 9.89. The molecule has 1 aromatic rings. The Bertz CT molecular complexity index is 275. The van der Waals surface area contributed by atoms with Gasteiger partial charge in [0.2, 0.25) is 0 Å². The predicted octanol–water partition coefficient (Wildman–Crippen LogP) is -1.18. The van der Waals surface area contributed by atoms with Gasteiger partial charge in [0.25, 0.3) is 0 Å². The fourth-order valence-corrected chi connectivity index (χ4v) is 1.69. The van der Waals surface area contributed by atoms with Crippen LogP contribution in [0.3, 0.4) is 0 Å². The first-order valence-corrected chi connectivity index (χ1v) is 6.04. The van der Waals surface area contributed by atoms with Gasteiger partial charge in [-0.25, -0.2) is 0 Å². The molecule has 3 nitrogen and oxygen atoms in total. The van der Waals surface area contributed by atoms with Gasteiger partial charge in [0.1, 0.15) is 12.6 Å². The summed E-state index contributed by atoms with van der Waals surface area (Å²) in [6.45, 7) is 3.04. The largest absolute Gasteiger partial charge is 0.382 e. The molecule has 0 spiro atoms. The lowest BCUT2D eigenvalue weighted by atomic mass is 10.1. The van der Waals surface area contributed by atoms with Crippen LogP contribution in [0.1, 0.15) is 18.1 Å². The minimum absolute atomic E-state index is 0.340. The second kappa shape index (κ2) is 7.39. The van der Waals surface area contributed by atoms with Gasteiger partial charge < -0.3 is 15.3 Å². The molecule has 0 aliphatic rings. The molecule has 3 heteroatoms. The third-order valence-corrected chi connectivity index (χ3v) is 2.66. The molecule has 0 fully saturated rings. The number of nitrogens with two attached hydrogens (primary N) is 1. The Morgan fingerprint density at radius 2 is 1.94 bits per heavy atom. The Morgan fingerprint density at radius 3 is 2.56 bits per heavy atom. The van der Waals surface area contributed by atoms with Gasteiger partial charge in [0.05, 0.1) is 27.2 Å². The van der Waals surface area contributed by atoms with E-state index < -0.39 is 0 Å². The molecule has 0 saturated carbocycles. The summed E-state index contributed by atoms with van der Waals surface area (Å²) in [5.41, 5.74) is 1.01. The first-order valence-electron chi connectivity index (χ1n) is 6.04. The number of hydrogen-bond acceptors (Lipinski definition) is 1. The van der Waals surface area contributed by atoms with Crippen LogP contribution >= 0.6 is 0 Å². The van der Waals surface area contributed by atoms with Crippen molar-refractivity contribution < 1.29 is 15.3 Å². The summed E-state index contributed by atoms with van der Waals surface area (Å²) in [5, 5.41) is 12.1. The fourth-order valence-electron chi connectivity index (χ4n) is 1.69. The van der Waals surface area contributed by atoms with E-state index >= 15 is 0 Å². The molecule has 0 aliphatic carbocycles. The molecule has 0 heterocycles. The molecule has 16 heavy (non-hydrogen) atoms. The zero-order chi connectivity index (χ0) is 11.8. The summed E-state index contributed by atoms with van der Waals surface area (Å²) in [6, 6.07) is 9.85. The lowest BCUT2D eigenvalue weighted by Gasteiger charge is -2.10. The summed E-state index contributed by atoms with van der Waals surface area (Å²) < 4.78 is 0. The molecule has 1 aromatic carbocycles. The summed E-state index contributed by atoms with van der Waals surface area (Å²) in [6.07, 6.45) is 0.858. The van der Waals surface area contributed by atoms with Gasteiger partial charge in [-0.1, -0.05) is 30.3 Å². The third kappa shape index (κ3) is 5.26. The Balaban J connectivity index is 2.14. The molecule has 0 amide bonds. The Labute approximate surface area is 98.1 Å². The van der Waals surface area contributed by atoms with Crippen LogP contribution in [0.4, 0.5) is 0 Å². The highest BCUT2D eigenvalue weighted by Crippen LogP contribution is 2.08. The van der Waals surface area contributed by atoms with Crippen LogP contribution in [0.5, 0.6) is 0 Å². The van der Waals surface area contributed by atoms with Crippen molar-refractivity contribution in [3.8, 4) is 0 Å². The Kier molecular flexibility index (Phi) is 6.08. The van der Waals surface area contributed by atoms with E-state index in [1.165, 1.54) is 17.9 Å². The zero-order valence-electron chi connectivity index (χ0n) is 10.3. The van der Waals surface area contributed by atoms with Gasteiger partial charge in [-0.2, -0.15) is 0 Å². The van der Waals surface area contributed by atoms with E-state index in [0.29, 0.717) is 0 Å². The molecule has 0 aliphatic heterocycles. The lowest BCUT2D eigenvalue weighted by Crippen LogP contribution is -3.06. The highest BCUT2D eigenvalue weighted by atomic mass is 16.3. The number of aliphatic hydroxyl groups excluding tert-OH is 1. The molecule has 0 radical (unpaired) electrons. The summed E-state index contributed by atoms with van der Waals surface area (Å²) in [4.78, 5) is 1.48. The molecule has 0 saturated heterocycles. The summed E-state index contributed by atoms with van der Waals surface area (Å²) in [7, 11) is 4.33. The van der Waals surface area contributed by atoms with E-state index in [1.54, 1.807) is 0 Å². The van der Waals surface area contributed by atoms with Gasteiger partial charge in [-0.15, -0.1) is 0 Å². The molecule has 90 valence electrons. The van der Waals surface area contributed by atoms with Crippen molar-refractivity contribution in [2.45, 2.75) is 12.5 Å². The van der Waals surface area contributed by atoms with E-state index in [9.17, 15) is 5.11 Å². The summed E-state index contributed by atoms with van der Waals surface area (Å²) >= 11 is 0. The number of hydrogen-bond donors (Lipinski definition) is 3. The average molecular weight is 224 g/mol. The number of benzene rings is 1. The van der Waals surface area contributed by atoms with Crippen LogP contribution < -0.4 is 10.2 Å². The average Bonchev–Trinajstić information content (AvgIpc) is 2.29. The Morgan fingerprint density at radius 1 is 1.25 bits per heavy atom. The lowest BCUT2D eigenvalue weighted by molar-refractivity contribution is -0.860. The van der Waals surface area contributed by atoms with Gasteiger partial charge in [0.15, 0.2) is 0 Å². The predicted molar refractivity (Wildman–Crippen MR) is 65.4 cm³/mol. The van der Waals surface area contributed by atoms with Gasteiger partial charge >= 0.3 is 0 Å². The van der Waals surface area contributed by atoms with E-state index in [4.69, 9.17) is 0 Å². The maximum Gasteiger partial charge on any atom is 0.128 e. The van der Waals surface area contributed by atoms with Crippen molar-refractivity contribution in [1.29, 1.82) is 0 Å². The molecule has 1 atom stereocenters. The molecule has 0 unspecified atom stereocenters. The van der Waals surface area contributed by atoms with Crippen LogP contribution in [0, 0.1) is 0 Å². The second-order valence-corrected chi connectivity index (χ2v) is 4.55. The number of quaternary nitrogens is 2. The van der Waals surface area contributed by atoms with Crippen molar-refractivity contribution in [3.05, 3.63) is 35.9 Å². The standard InChI is InChI=1S/C13H22N2O/c1-15(2)10-6-9-14-11-13(16)12-7-4-3-5-8-12/h3-5,7-8,13-14,16H,6,9-11H2,1-2H3/p+2/t13-/m0/s1.